The number of phenolic OH excluding ortho intramolecular Hbond substituents is 1. The average Bonchev–Trinajstić information content (AvgIpc) is 2.60. The number of fused-ring (bicyclic) bond motifs is 1. The largest absolute Gasteiger partial charge is 1.00 e. The second kappa shape index (κ2) is 8.69. The first-order chi connectivity index (χ1) is 13.7. The van der Waals surface area contributed by atoms with Crippen LogP contribution in [0, 0.1) is 0 Å². The van der Waals surface area contributed by atoms with Crippen LogP contribution in [0.4, 0.5) is 0 Å². The number of hydrogen-bond acceptors (Lipinski definition) is 6. The number of carbonyl (C=O) groups excluding carboxylic acids is 2. The summed E-state index contributed by atoms with van der Waals surface area (Å²) in [6.45, 7) is 13.9. The van der Waals surface area contributed by atoms with Gasteiger partial charge in [0, 0.05) is 23.1 Å². The summed E-state index contributed by atoms with van der Waals surface area (Å²) in [6.07, 6.45) is 1.66. The van der Waals surface area contributed by atoms with Gasteiger partial charge in [-0.25, -0.2) is 0 Å². The van der Waals surface area contributed by atoms with Gasteiger partial charge >= 0.3 is 18.9 Å². The molecule has 6 nitrogen and oxygen atoms in total. The van der Waals surface area contributed by atoms with Gasteiger partial charge in [-0.15, -0.1) is 11.8 Å². The molecular formula is C23H29LiN2O4S. The quantitative estimate of drug-likeness (QED) is 0.400. The Morgan fingerprint density at radius 2 is 1.71 bits per heavy atom. The summed E-state index contributed by atoms with van der Waals surface area (Å²) < 4.78 is 0. The summed E-state index contributed by atoms with van der Waals surface area (Å²) in [6, 6.07) is 3.18. The van der Waals surface area contributed by atoms with Gasteiger partial charge < -0.3 is 15.0 Å². The third-order valence-electron chi connectivity index (χ3n) is 5.46. The van der Waals surface area contributed by atoms with Crippen LogP contribution in [0.1, 0.15) is 65.2 Å². The molecule has 2 atom stereocenters. The molecule has 1 saturated heterocycles. The van der Waals surface area contributed by atoms with E-state index in [-0.39, 0.29) is 46.7 Å². The molecule has 1 fully saturated rings. The Kier molecular flexibility index (Phi) is 7.17. The molecule has 2 aliphatic rings. The average molecular weight is 437 g/mol. The number of carbonyl (C=O) groups is 2. The fourth-order valence-electron chi connectivity index (χ4n) is 3.79. The number of phenols is 1. The van der Waals surface area contributed by atoms with Crippen molar-refractivity contribution in [2.45, 2.75) is 70.7 Å². The van der Waals surface area contributed by atoms with E-state index in [1.54, 1.807) is 13.1 Å². The molecule has 0 saturated carbocycles. The first-order valence-electron chi connectivity index (χ1n) is 10.0. The number of aliphatic imine (C=N–C) groups is 1. The minimum Gasteiger partial charge on any atom is -0.543 e. The maximum atomic E-state index is 12.6. The van der Waals surface area contributed by atoms with Crippen LogP contribution >= 0.6 is 11.8 Å². The Morgan fingerprint density at radius 3 is 2.16 bits per heavy atom. The third kappa shape index (κ3) is 4.74. The molecule has 1 aromatic carbocycles. The van der Waals surface area contributed by atoms with Crippen molar-refractivity contribution in [3.63, 3.8) is 0 Å². The van der Waals surface area contributed by atoms with E-state index < -0.39 is 12.0 Å². The van der Waals surface area contributed by atoms with Gasteiger partial charge in [0.1, 0.15) is 11.1 Å². The summed E-state index contributed by atoms with van der Waals surface area (Å²) in [7, 11) is 0. The second-order valence-corrected chi connectivity index (χ2v) is 11.1. The Balaban J connectivity index is 0.00000341. The molecule has 2 aliphatic heterocycles. The molecule has 0 aliphatic carbocycles. The standard InChI is InChI=1S/C23H30N2O4S.Li/c1-12-11-30-20-16(19(27)25(20)17(12)21(28)29)24-10-13-8-14(22(2,3)4)18(26)15(9-13)23(5,6)7;/h8-10,16,20,26H,11H2,1-7H3,(H,28,29);/q;+1/p-1/t16-,20-;/m1./s1. The number of aliphatic carboxylic acids is 1. The van der Waals surface area contributed by atoms with E-state index >= 15 is 0 Å². The van der Waals surface area contributed by atoms with Crippen molar-refractivity contribution >= 4 is 29.9 Å². The Bertz CT molecular complexity index is 938. The van der Waals surface area contributed by atoms with Gasteiger partial charge in [0.15, 0.2) is 6.04 Å². The zero-order valence-corrected chi connectivity index (χ0v) is 20.4. The van der Waals surface area contributed by atoms with Crippen molar-refractivity contribution in [2.75, 3.05) is 5.75 Å². The number of aromatic hydroxyl groups is 1. The fourth-order valence-corrected chi connectivity index (χ4v) is 5.07. The zero-order chi connectivity index (χ0) is 22.6. The van der Waals surface area contributed by atoms with Crippen molar-refractivity contribution < 1.29 is 38.7 Å². The van der Waals surface area contributed by atoms with Gasteiger partial charge in [0.05, 0.1) is 11.7 Å². The van der Waals surface area contributed by atoms with Crippen LogP contribution in [-0.4, -0.2) is 45.3 Å². The van der Waals surface area contributed by atoms with E-state index in [4.69, 9.17) is 0 Å². The zero-order valence-electron chi connectivity index (χ0n) is 19.6. The molecule has 0 spiro atoms. The Labute approximate surface area is 200 Å². The monoisotopic (exact) mass is 436 g/mol. The summed E-state index contributed by atoms with van der Waals surface area (Å²) in [5.41, 5.74) is 2.54. The van der Waals surface area contributed by atoms with Gasteiger partial charge in [-0.1, -0.05) is 41.5 Å². The van der Waals surface area contributed by atoms with Crippen molar-refractivity contribution in [1.82, 2.24) is 4.90 Å². The van der Waals surface area contributed by atoms with Crippen molar-refractivity contribution in [3.05, 3.63) is 40.1 Å². The van der Waals surface area contributed by atoms with Crippen molar-refractivity contribution in [1.29, 1.82) is 0 Å². The molecule has 1 amide bonds. The van der Waals surface area contributed by atoms with Crippen LogP contribution in [0.25, 0.3) is 0 Å². The van der Waals surface area contributed by atoms with Gasteiger partial charge in [-0.3, -0.25) is 14.7 Å². The number of hydrogen-bond donors (Lipinski definition) is 1. The molecule has 1 aromatic rings. The van der Waals surface area contributed by atoms with Crippen molar-refractivity contribution in [2.24, 2.45) is 4.99 Å². The van der Waals surface area contributed by atoms with Gasteiger partial charge in [-0.2, -0.15) is 0 Å². The molecule has 0 bridgehead atoms. The molecule has 3 rings (SSSR count). The first-order valence-corrected chi connectivity index (χ1v) is 11.0. The van der Waals surface area contributed by atoms with Crippen LogP contribution in [0.15, 0.2) is 28.4 Å². The van der Waals surface area contributed by atoms with E-state index in [1.807, 2.05) is 53.7 Å². The van der Waals surface area contributed by atoms with Crippen LogP contribution in [0.3, 0.4) is 0 Å². The molecular weight excluding hydrogens is 407 g/mol. The van der Waals surface area contributed by atoms with E-state index in [0.29, 0.717) is 17.1 Å². The number of carboxylic acid groups (broad SMARTS) is 1. The summed E-state index contributed by atoms with van der Waals surface area (Å²) in [5.74, 6) is -0.824. The molecule has 162 valence electrons. The van der Waals surface area contributed by atoms with Gasteiger partial charge in [-0.05, 0) is 41.0 Å². The van der Waals surface area contributed by atoms with E-state index in [0.717, 1.165) is 16.7 Å². The molecule has 0 unspecified atom stereocenters. The topological polar surface area (TPSA) is 93.0 Å². The van der Waals surface area contributed by atoms with Gasteiger partial charge in [0.2, 0.25) is 0 Å². The van der Waals surface area contributed by atoms with Crippen LogP contribution in [0.2, 0.25) is 0 Å². The fraction of sp³-hybridized carbons (Fsp3) is 0.522. The number of amides is 1. The molecule has 2 heterocycles. The minimum atomic E-state index is -1.32. The van der Waals surface area contributed by atoms with E-state index in [2.05, 4.69) is 4.99 Å². The first kappa shape index (κ1) is 25.6. The predicted octanol–water partition coefficient (Wildman–Crippen LogP) is -0.282. The van der Waals surface area contributed by atoms with Gasteiger partial charge in [0.25, 0.3) is 5.91 Å². The molecule has 31 heavy (non-hydrogen) atoms. The molecule has 8 heteroatoms. The summed E-state index contributed by atoms with van der Waals surface area (Å²) in [4.78, 5) is 29.9. The van der Waals surface area contributed by atoms with Crippen LogP contribution in [0.5, 0.6) is 5.75 Å². The second-order valence-electron chi connectivity index (χ2n) is 10.0. The number of rotatable bonds is 3. The van der Waals surface area contributed by atoms with E-state index in [9.17, 15) is 19.8 Å². The summed E-state index contributed by atoms with van der Waals surface area (Å²) >= 11 is 1.51. The third-order valence-corrected chi connectivity index (χ3v) is 6.87. The summed E-state index contributed by atoms with van der Waals surface area (Å²) in [5, 5.41) is 22.0. The SMILES string of the molecule is CC1=C(C(=O)[O-])N2C(=O)[C@@H](N=Cc3cc(C(C)(C)C)c(O)c(C(C)(C)C)c3)[C@H]2SC1.[Li+]. The predicted molar refractivity (Wildman–Crippen MR) is 118 cm³/mol. The maximum absolute atomic E-state index is 12.6. The number of nitrogens with zero attached hydrogens (tertiary/aromatic N) is 2. The number of β-lactam (4-membered cyclic amide) rings is 1. The number of thioether (sulfide) groups is 1. The maximum Gasteiger partial charge on any atom is 1.00 e. The Morgan fingerprint density at radius 1 is 1.19 bits per heavy atom. The normalized spacial score (nSPS) is 21.6. The number of benzene rings is 1. The minimum absolute atomic E-state index is 0. The molecule has 0 aromatic heterocycles. The smallest absolute Gasteiger partial charge is 0.543 e. The number of carboxylic acids is 1. The van der Waals surface area contributed by atoms with Crippen molar-refractivity contribution in [3.8, 4) is 5.75 Å². The molecule has 0 radical (unpaired) electrons. The van der Waals surface area contributed by atoms with Crippen LogP contribution in [-0.2, 0) is 20.4 Å². The van der Waals surface area contributed by atoms with Crippen LogP contribution < -0.4 is 24.0 Å². The molecule has 1 N–H and O–H groups in total. The Hall–Kier alpha value is -1.68. The van der Waals surface area contributed by atoms with E-state index in [1.165, 1.54) is 16.7 Å².